The molecular formula is C11H11ClN2O2. The summed E-state index contributed by atoms with van der Waals surface area (Å²) in [5, 5.41) is 1.56. The SMILES string of the molecule is COC(=O)C(N)c1cc2cc(Cl)ccc2[nH]1. The van der Waals surface area contributed by atoms with Gasteiger partial charge in [-0.25, -0.2) is 4.79 Å². The Morgan fingerprint density at radius 3 is 2.94 bits per heavy atom. The van der Waals surface area contributed by atoms with E-state index in [0.29, 0.717) is 10.7 Å². The molecule has 0 spiro atoms. The van der Waals surface area contributed by atoms with Crippen molar-refractivity contribution in [1.29, 1.82) is 0 Å². The number of hydrogen-bond acceptors (Lipinski definition) is 3. The Balaban J connectivity index is 2.43. The predicted octanol–water partition coefficient (Wildman–Crippen LogP) is 1.99. The Labute approximate surface area is 97.3 Å². The number of H-pyrrole nitrogens is 1. The third-order valence-electron chi connectivity index (χ3n) is 2.39. The molecule has 16 heavy (non-hydrogen) atoms. The van der Waals surface area contributed by atoms with E-state index in [9.17, 15) is 4.79 Å². The fourth-order valence-electron chi connectivity index (χ4n) is 1.55. The van der Waals surface area contributed by atoms with Crippen LogP contribution in [0, 0.1) is 0 Å². The van der Waals surface area contributed by atoms with E-state index in [0.717, 1.165) is 10.9 Å². The van der Waals surface area contributed by atoms with Crippen molar-refractivity contribution in [3.63, 3.8) is 0 Å². The maximum Gasteiger partial charge on any atom is 0.328 e. The maximum absolute atomic E-state index is 11.3. The van der Waals surface area contributed by atoms with Crippen LogP contribution >= 0.6 is 11.6 Å². The summed E-state index contributed by atoms with van der Waals surface area (Å²) < 4.78 is 4.58. The molecule has 4 nitrogen and oxygen atoms in total. The van der Waals surface area contributed by atoms with Gasteiger partial charge in [0.15, 0.2) is 0 Å². The minimum Gasteiger partial charge on any atom is -0.468 e. The van der Waals surface area contributed by atoms with Crippen LogP contribution in [0.2, 0.25) is 5.02 Å². The Morgan fingerprint density at radius 1 is 1.50 bits per heavy atom. The van der Waals surface area contributed by atoms with Gasteiger partial charge in [-0.2, -0.15) is 0 Å². The van der Waals surface area contributed by atoms with Crippen molar-refractivity contribution in [3.8, 4) is 0 Å². The molecule has 1 aromatic carbocycles. The quantitative estimate of drug-likeness (QED) is 0.787. The van der Waals surface area contributed by atoms with Crippen LogP contribution in [-0.4, -0.2) is 18.1 Å². The molecule has 84 valence electrons. The van der Waals surface area contributed by atoms with Crippen LogP contribution in [0.1, 0.15) is 11.7 Å². The predicted molar refractivity (Wildman–Crippen MR) is 62.3 cm³/mol. The van der Waals surface area contributed by atoms with E-state index in [4.69, 9.17) is 17.3 Å². The molecule has 0 radical (unpaired) electrons. The third kappa shape index (κ3) is 1.89. The second-order valence-electron chi connectivity index (χ2n) is 3.46. The summed E-state index contributed by atoms with van der Waals surface area (Å²) in [4.78, 5) is 14.3. The molecule has 1 heterocycles. The molecule has 0 saturated carbocycles. The summed E-state index contributed by atoms with van der Waals surface area (Å²) in [5.74, 6) is -0.474. The van der Waals surface area contributed by atoms with Gasteiger partial charge < -0.3 is 15.5 Å². The van der Waals surface area contributed by atoms with E-state index in [1.807, 2.05) is 6.07 Å². The van der Waals surface area contributed by atoms with Gasteiger partial charge in [-0.15, -0.1) is 0 Å². The number of methoxy groups -OCH3 is 1. The van der Waals surface area contributed by atoms with E-state index in [-0.39, 0.29) is 0 Å². The number of halogens is 1. The van der Waals surface area contributed by atoms with E-state index < -0.39 is 12.0 Å². The highest BCUT2D eigenvalue weighted by Gasteiger charge is 2.18. The zero-order valence-corrected chi connectivity index (χ0v) is 9.41. The van der Waals surface area contributed by atoms with Gasteiger partial charge in [-0.05, 0) is 24.3 Å². The number of fused-ring (bicyclic) bond motifs is 1. The van der Waals surface area contributed by atoms with Crippen molar-refractivity contribution >= 4 is 28.5 Å². The van der Waals surface area contributed by atoms with Gasteiger partial charge in [-0.1, -0.05) is 11.6 Å². The zero-order valence-electron chi connectivity index (χ0n) is 8.66. The fraction of sp³-hybridized carbons (Fsp3) is 0.182. The second-order valence-corrected chi connectivity index (χ2v) is 3.89. The topological polar surface area (TPSA) is 68.1 Å². The number of aromatic nitrogens is 1. The second kappa shape index (κ2) is 4.15. The van der Waals surface area contributed by atoms with E-state index >= 15 is 0 Å². The third-order valence-corrected chi connectivity index (χ3v) is 2.63. The summed E-state index contributed by atoms with van der Waals surface area (Å²) in [6.45, 7) is 0. The van der Waals surface area contributed by atoms with Crippen molar-refractivity contribution in [1.82, 2.24) is 4.98 Å². The molecule has 0 bridgehead atoms. The number of hydrogen-bond donors (Lipinski definition) is 2. The molecule has 0 aliphatic carbocycles. The van der Waals surface area contributed by atoms with Crippen molar-refractivity contribution in [2.24, 2.45) is 5.73 Å². The molecule has 1 aromatic heterocycles. The van der Waals surface area contributed by atoms with Gasteiger partial charge in [0.2, 0.25) is 0 Å². The van der Waals surface area contributed by atoms with Crippen molar-refractivity contribution in [2.45, 2.75) is 6.04 Å². The number of carbonyl (C=O) groups excluding carboxylic acids is 1. The lowest BCUT2D eigenvalue weighted by atomic mass is 10.2. The summed E-state index contributed by atoms with van der Waals surface area (Å²) >= 11 is 5.86. The number of aromatic amines is 1. The Kier molecular flexibility index (Phi) is 2.85. The molecule has 2 aromatic rings. The van der Waals surface area contributed by atoms with E-state index in [1.54, 1.807) is 18.2 Å². The van der Waals surface area contributed by atoms with Crippen LogP contribution in [0.4, 0.5) is 0 Å². The number of benzene rings is 1. The normalized spacial score (nSPS) is 12.7. The number of nitrogens with two attached hydrogens (primary N) is 1. The summed E-state index contributed by atoms with van der Waals surface area (Å²) in [6, 6.07) is 6.42. The lowest BCUT2D eigenvalue weighted by molar-refractivity contribution is -0.142. The minimum atomic E-state index is -0.795. The van der Waals surface area contributed by atoms with Crippen LogP contribution < -0.4 is 5.73 Å². The fourth-order valence-corrected chi connectivity index (χ4v) is 1.73. The van der Waals surface area contributed by atoms with Crippen LogP contribution in [0.15, 0.2) is 24.3 Å². The average Bonchev–Trinajstić information content (AvgIpc) is 2.69. The minimum absolute atomic E-state index is 0.474. The molecule has 1 atom stereocenters. The van der Waals surface area contributed by atoms with Gasteiger partial charge in [0.05, 0.1) is 7.11 Å². The first-order valence-corrected chi connectivity index (χ1v) is 5.11. The van der Waals surface area contributed by atoms with Crippen LogP contribution in [-0.2, 0) is 9.53 Å². The Hall–Kier alpha value is -1.52. The molecule has 0 amide bonds. The number of rotatable bonds is 2. The Bertz CT molecular complexity index is 536. The van der Waals surface area contributed by atoms with Gasteiger partial charge in [0.1, 0.15) is 6.04 Å². The molecule has 0 aliphatic heterocycles. The average molecular weight is 239 g/mol. The molecule has 2 rings (SSSR count). The smallest absolute Gasteiger partial charge is 0.328 e. The summed E-state index contributed by atoms with van der Waals surface area (Å²) in [5.41, 5.74) is 7.21. The van der Waals surface area contributed by atoms with Crippen LogP contribution in [0.25, 0.3) is 10.9 Å². The lowest BCUT2D eigenvalue weighted by Crippen LogP contribution is -2.22. The monoisotopic (exact) mass is 238 g/mol. The molecule has 1 unspecified atom stereocenters. The summed E-state index contributed by atoms with van der Waals surface area (Å²) in [6.07, 6.45) is 0. The molecule has 5 heteroatoms. The number of carbonyl (C=O) groups is 1. The van der Waals surface area contributed by atoms with Gasteiger partial charge in [0.25, 0.3) is 0 Å². The van der Waals surface area contributed by atoms with Crippen molar-refractivity contribution in [2.75, 3.05) is 7.11 Å². The molecule has 0 aliphatic rings. The first kappa shape index (κ1) is 11.0. The maximum atomic E-state index is 11.3. The number of esters is 1. The number of nitrogens with one attached hydrogen (secondary N) is 1. The van der Waals surface area contributed by atoms with E-state index in [1.165, 1.54) is 7.11 Å². The molecule has 3 N–H and O–H groups in total. The van der Waals surface area contributed by atoms with Crippen molar-refractivity contribution in [3.05, 3.63) is 35.0 Å². The van der Waals surface area contributed by atoms with Crippen LogP contribution in [0.5, 0.6) is 0 Å². The molecule has 0 saturated heterocycles. The Morgan fingerprint density at radius 2 is 2.25 bits per heavy atom. The van der Waals surface area contributed by atoms with Gasteiger partial charge >= 0.3 is 5.97 Å². The first-order chi connectivity index (χ1) is 7.61. The highest BCUT2D eigenvalue weighted by atomic mass is 35.5. The molecular weight excluding hydrogens is 228 g/mol. The summed E-state index contributed by atoms with van der Waals surface area (Å²) in [7, 11) is 1.31. The number of ether oxygens (including phenoxy) is 1. The van der Waals surface area contributed by atoms with Gasteiger partial charge in [0, 0.05) is 21.6 Å². The zero-order chi connectivity index (χ0) is 11.7. The standard InChI is InChI=1S/C11H11ClN2O2/c1-16-11(15)10(13)9-5-6-4-7(12)2-3-8(6)14-9/h2-5,10,14H,13H2,1H3. The van der Waals surface area contributed by atoms with E-state index in [2.05, 4.69) is 9.72 Å². The largest absolute Gasteiger partial charge is 0.468 e. The first-order valence-electron chi connectivity index (χ1n) is 4.73. The highest BCUT2D eigenvalue weighted by molar-refractivity contribution is 6.31. The van der Waals surface area contributed by atoms with Crippen LogP contribution in [0.3, 0.4) is 0 Å². The molecule has 0 fully saturated rings. The highest BCUT2D eigenvalue weighted by Crippen LogP contribution is 2.22. The lowest BCUT2D eigenvalue weighted by Gasteiger charge is -2.05. The van der Waals surface area contributed by atoms with Crippen molar-refractivity contribution < 1.29 is 9.53 Å². The van der Waals surface area contributed by atoms with Gasteiger partial charge in [-0.3, -0.25) is 0 Å².